The molecule has 5 nitrogen and oxygen atoms in total. The van der Waals surface area contributed by atoms with Crippen LogP contribution in [0, 0.1) is 11.7 Å². The molecule has 0 saturated carbocycles. The second-order valence-corrected chi connectivity index (χ2v) is 8.47. The van der Waals surface area contributed by atoms with E-state index >= 15 is 0 Å². The number of pyridine rings is 1. The Hall–Kier alpha value is -3.25. The highest BCUT2D eigenvalue weighted by molar-refractivity contribution is 5.70. The first-order valence-corrected chi connectivity index (χ1v) is 11.0. The first-order chi connectivity index (χ1) is 15.5. The molecule has 4 rings (SSSR count). The number of carboxylic acid groups (broad SMARTS) is 1. The number of hydrogen-bond acceptors (Lipinski definition) is 4. The summed E-state index contributed by atoms with van der Waals surface area (Å²) in [6.07, 6.45) is 2.57. The second kappa shape index (κ2) is 9.92. The molecular weight excluding hydrogens is 405 g/mol. The first-order valence-electron chi connectivity index (χ1n) is 11.0. The van der Waals surface area contributed by atoms with Crippen LogP contribution in [0.25, 0.3) is 0 Å². The fourth-order valence-electron chi connectivity index (χ4n) is 4.45. The van der Waals surface area contributed by atoms with E-state index in [9.17, 15) is 9.18 Å². The Morgan fingerprint density at radius 3 is 2.81 bits per heavy atom. The smallest absolute Gasteiger partial charge is 0.307 e. The Kier molecular flexibility index (Phi) is 6.81. The minimum atomic E-state index is -0.920. The molecule has 166 valence electrons. The molecule has 1 aliphatic rings. The molecule has 0 unspecified atom stereocenters. The minimum Gasteiger partial charge on any atom is -0.481 e. The van der Waals surface area contributed by atoms with Crippen LogP contribution in [0.4, 0.5) is 10.1 Å². The molecular formula is C26H28FN3O2. The van der Waals surface area contributed by atoms with Gasteiger partial charge >= 0.3 is 5.97 Å². The van der Waals surface area contributed by atoms with Crippen molar-refractivity contribution >= 4 is 11.7 Å². The number of benzene rings is 2. The van der Waals surface area contributed by atoms with E-state index in [-0.39, 0.29) is 30.1 Å². The number of nitrogens with zero attached hydrogens (tertiary/aromatic N) is 1. The number of halogens is 1. The van der Waals surface area contributed by atoms with Crippen molar-refractivity contribution in [1.82, 2.24) is 10.3 Å². The Bertz CT molecular complexity index is 1070. The van der Waals surface area contributed by atoms with Crippen LogP contribution in [0.1, 0.15) is 41.3 Å². The zero-order valence-electron chi connectivity index (χ0n) is 18.1. The molecule has 0 saturated heterocycles. The molecule has 3 atom stereocenters. The topological polar surface area (TPSA) is 74.2 Å². The molecule has 1 aromatic heterocycles. The number of nitrogens with one attached hydrogen (secondary N) is 2. The molecule has 2 heterocycles. The van der Waals surface area contributed by atoms with Gasteiger partial charge in [-0.25, -0.2) is 4.39 Å². The van der Waals surface area contributed by atoms with E-state index in [1.165, 1.54) is 17.7 Å². The maximum atomic E-state index is 14.5. The highest BCUT2D eigenvalue weighted by Gasteiger charge is 2.28. The number of hydrogen-bond donors (Lipinski definition) is 3. The Morgan fingerprint density at radius 2 is 2.03 bits per heavy atom. The summed E-state index contributed by atoms with van der Waals surface area (Å²) in [5, 5.41) is 16.2. The Labute approximate surface area is 187 Å². The summed E-state index contributed by atoms with van der Waals surface area (Å²) in [6, 6.07) is 18.9. The van der Waals surface area contributed by atoms with E-state index in [1.807, 2.05) is 37.4 Å². The van der Waals surface area contributed by atoms with Crippen molar-refractivity contribution in [3.05, 3.63) is 95.1 Å². The lowest BCUT2D eigenvalue weighted by atomic mass is 9.86. The van der Waals surface area contributed by atoms with E-state index in [4.69, 9.17) is 5.11 Å². The SMILES string of the molecule is C[C@H](CN[C@H](c1ccccc1)[C@H]1CNc2cccnc2C1)c1cc(CC(=O)O)ccc1F. The number of aromatic nitrogens is 1. The summed E-state index contributed by atoms with van der Waals surface area (Å²) in [5.41, 5.74) is 4.48. The number of fused-ring (bicyclic) bond motifs is 1. The standard InChI is InChI=1S/C26H28FN3O2/c1-17(21-12-18(13-25(31)32)9-10-22(21)27)15-30-26(19-6-3-2-4-7-19)20-14-24-23(29-16-20)8-5-11-28-24/h2-12,17,20,26,29-30H,13-16H2,1H3,(H,31,32)/t17-,20-,26-/m1/s1. The van der Waals surface area contributed by atoms with Gasteiger partial charge in [0, 0.05) is 31.2 Å². The van der Waals surface area contributed by atoms with Gasteiger partial charge in [-0.1, -0.05) is 49.4 Å². The fourth-order valence-corrected chi connectivity index (χ4v) is 4.45. The predicted octanol–water partition coefficient (Wildman–Crippen LogP) is 4.57. The predicted molar refractivity (Wildman–Crippen MR) is 123 cm³/mol. The van der Waals surface area contributed by atoms with Crippen molar-refractivity contribution < 1.29 is 14.3 Å². The number of aliphatic carboxylic acids is 1. The lowest BCUT2D eigenvalue weighted by Gasteiger charge is -2.33. The van der Waals surface area contributed by atoms with Crippen molar-refractivity contribution in [3.63, 3.8) is 0 Å². The molecule has 1 aliphatic heterocycles. The van der Waals surface area contributed by atoms with Gasteiger partial charge in [0.25, 0.3) is 0 Å². The van der Waals surface area contributed by atoms with Crippen LogP contribution in [0.5, 0.6) is 0 Å². The zero-order chi connectivity index (χ0) is 22.5. The molecule has 6 heteroatoms. The molecule has 0 fully saturated rings. The fraction of sp³-hybridized carbons (Fsp3) is 0.308. The van der Waals surface area contributed by atoms with Crippen LogP contribution in [-0.4, -0.2) is 29.1 Å². The number of rotatable bonds is 8. The van der Waals surface area contributed by atoms with Crippen LogP contribution >= 0.6 is 0 Å². The van der Waals surface area contributed by atoms with Gasteiger partial charge in [-0.05, 0) is 47.2 Å². The van der Waals surface area contributed by atoms with Gasteiger partial charge in [0.2, 0.25) is 0 Å². The van der Waals surface area contributed by atoms with E-state index in [0.717, 1.165) is 24.3 Å². The van der Waals surface area contributed by atoms with Crippen molar-refractivity contribution in [3.8, 4) is 0 Å². The van der Waals surface area contributed by atoms with Crippen molar-refractivity contribution in [2.24, 2.45) is 5.92 Å². The van der Waals surface area contributed by atoms with Gasteiger partial charge in [-0.3, -0.25) is 9.78 Å². The van der Waals surface area contributed by atoms with Gasteiger partial charge in [0.15, 0.2) is 0 Å². The average Bonchev–Trinajstić information content (AvgIpc) is 2.80. The summed E-state index contributed by atoms with van der Waals surface area (Å²) in [5.74, 6) is -1.05. The average molecular weight is 434 g/mol. The van der Waals surface area contributed by atoms with E-state index in [0.29, 0.717) is 17.7 Å². The second-order valence-electron chi connectivity index (χ2n) is 8.47. The van der Waals surface area contributed by atoms with Crippen molar-refractivity contribution in [2.45, 2.75) is 31.7 Å². The largest absolute Gasteiger partial charge is 0.481 e. The molecule has 0 amide bonds. The molecule has 0 radical (unpaired) electrons. The van der Waals surface area contributed by atoms with E-state index < -0.39 is 5.97 Å². The summed E-state index contributed by atoms with van der Waals surface area (Å²) >= 11 is 0. The van der Waals surface area contributed by atoms with Gasteiger partial charge < -0.3 is 15.7 Å². The third kappa shape index (κ3) is 5.14. The molecule has 3 aromatic rings. The van der Waals surface area contributed by atoms with Crippen LogP contribution in [-0.2, 0) is 17.6 Å². The van der Waals surface area contributed by atoms with Crippen LogP contribution in [0.15, 0.2) is 66.9 Å². The maximum Gasteiger partial charge on any atom is 0.307 e. The number of carboxylic acids is 1. The number of anilines is 1. The molecule has 0 spiro atoms. The minimum absolute atomic E-state index is 0.0755. The van der Waals surface area contributed by atoms with Crippen LogP contribution in [0.2, 0.25) is 0 Å². The Morgan fingerprint density at radius 1 is 1.22 bits per heavy atom. The highest BCUT2D eigenvalue weighted by Crippen LogP contribution is 2.32. The van der Waals surface area contributed by atoms with Gasteiger partial charge in [0.1, 0.15) is 5.82 Å². The quantitative estimate of drug-likeness (QED) is 0.485. The summed E-state index contributed by atoms with van der Waals surface area (Å²) < 4.78 is 14.5. The van der Waals surface area contributed by atoms with Gasteiger partial charge in [-0.15, -0.1) is 0 Å². The maximum absolute atomic E-state index is 14.5. The monoisotopic (exact) mass is 433 g/mol. The summed E-state index contributed by atoms with van der Waals surface area (Å²) in [6.45, 7) is 3.36. The van der Waals surface area contributed by atoms with Crippen molar-refractivity contribution in [1.29, 1.82) is 0 Å². The third-order valence-corrected chi connectivity index (χ3v) is 6.12. The van der Waals surface area contributed by atoms with Crippen LogP contribution < -0.4 is 10.6 Å². The summed E-state index contributed by atoms with van der Waals surface area (Å²) in [4.78, 5) is 15.6. The lowest BCUT2D eigenvalue weighted by molar-refractivity contribution is -0.136. The first kappa shape index (κ1) is 22.0. The normalized spacial score (nSPS) is 17.1. The van der Waals surface area contributed by atoms with E-state index in [2.05, 4.69) is 33.8 Å². The molecule has 0 bridgehead atoms. The van der Waals surface area contributed by atoms with Crippen molar-refractivity contribution in [2.75, 3.05) is 18.4 Å². The molecule has 0 aliphatic carbocycles. The zero-order valence-corrected chi connectivity index (χ0v) is 18.1. The highest BCUT2D eigenvalue weighted by atomic mass is 19.1. The van der Waals surface area contributed by atoms with E-state index in [1.54, 1.807) is 6.07 Å². The molecule has 2 aromatic carbocycles. The summed E-state index contributed by atoms with van der Waals surface area (Å²) in [7, 11) is 0. The lowest BCUT2D eigenvalue weighted by Crippen LogP contribution is -2.37. The molecule has 3 N–H and O–H groups in total. The third-order valence-electron chi connectivity index (χ3n) is 6.12. The van der Waals surface area contributed by atoms with Crippen LogP contribution in [0.3, 0.4) is 0 Å². The Balaban J connectivity index is 1.52. The molecule has 32 heavy (non-hydrogen) atoms. The van der Waals surface area contributed by atoms with Gasteiger partial charge in [-0.2, -0.15) is 0 Å². The van der Waals surface area contributed by atoms with Gasteiger partial charge in [0.05, 0.1) is 17.8 Å². The number of carbonyl (C=O) groups is 1.